The van der Waals surface area contributed by atoms with Gasteiger partial charge in [-0.15, -0.1) is 0 Å². The van der Waals surface area contributed by atoms with Crippen LogP contribution >= 0.6 is 0 Å². The molecule has 6 heteroatoms. The lowest BCUT2D eigenvalue weighted by Crippen LogP contribution is -2.45. The number of carbonyl (C=O) groups is 1. The fourth-order valence-corrected chi connectivity index (χ4v) is 3.76. The molecule has 3 aromatic rings. The number of amides is 1. The second-order valence-corrected chi connectivity index (χ2v) is 7.06. The summed E-state index contributed by atoms with van der Waals surface area (Å²) < 4.78 is 15.9. The Balaban J connectivity index is 1.65. The summed E-state index contributed by atoms with van der Waals surface area (Å²) in [7, 11) is 0. The highest BCUT2D eigenvalue weighted by Gasteiger charge is 2.26. The van der Waals surface area contributed by atoms with E-state index in [-0.39, 0.29) is 17.8 Å². The summed E-state index contributed by atoms with van der Waals surface area (Å²) in [6.07, 6.45) is 6.30. The Morgan fingerprint density at radius 2 is 2.04 bits per heavy atom. The highest BCUT2D eigenvalue weighted by atomic mass is 19.1. The van der Waals surface area contributed by atoms with Crippen LogP contribution in [0.5, 0.6) is 0 Å². The Morgan fingerprint density at radius 3 is 2.85 bits per heavy atom. The predicted molar refractivity (Wildman–Crippen MR) is 101 cm³/mol. The first-order valence-electron chi connectivity index (χ1n) is 9.29. The minimum Gasteiger partial charge on any atom is -0.391 e. The molecule has 2 aromatic heterocycles. The van der Waals surface area contributed by atoms with Crippen molar-refractivity contribution in [2.45, 2.75) is 44.4 Å². The monoisotopic (exact) mass is 367 g/mol. The van der Waals surface area contributed by atoms with E-state index in [2.05, 4.69) is 10.3 Å². The second kappa shape index (κ2) is 7.48. The van der Waals surface area contributed by atoms with Gasteiger partial charge >= 0.3 is 0 Å². The van der Waals surface area contributed by atoms with Gasteiger partial charge in [-0.1, -0.05) is 31.0 Å². The zero-order valence-electron chi connectivity index (χ0n) is 14.9. The number of nitrogens with zero attached hydrogens (tertiary/aromatic N) is 2. The summed E-state index contributed by atoms with van der Waals surface area (Å²) in [4.78, 5) is 17.2. The van der Waals surface area contributed by atoms with Crippen LogP contribution in [0.25, 0.3) is 11.0 Å². The average Bonchev–Trinajstić information content (AvgIpc) is 3.04. The van der Waals surface area contributed by atoms with Crippen LogP contribution in [-0.4, -0.2) is 32.7 Å². The Morgan fingerprint density at radius 1 is 1.22 bits per heavy atom. The van der Waals surface area contributed by atoms with Gasteiger partial charge in [0.2, 0.25) is 0 Å². The number of hydrogen-bond donors (Lipinski definition) is 2. The lowest BCUT2D eigenvalue weighted by atomic mass is 9.92. The van der Waals surface area contributed by atoms with Gasteiger partial charge in [0.05, 0.1) is 29.8 Å². The van der Waals surface area contributed by atoms with E-state index in [9.17, 15) is 14.3 Å². The van der Waals surface area contributed by atoms with Crippen molar-refractivity contribution in [1.29, 1.82) is 0 Å². The van der Waals surface area contributed by atoms with Crippen molar-refractivity contribution in [1.82, 2.24) is 14.9 Å². The Labute approximate surface area is 156 Å². The van der Waals surface area contributed by atoms with Crippen LogP contribution in [0.1, 0.15) is 41.6 Å². The van der Waals surface area contributed by atoms with Gasteiger partial charge in [0.15, 0.2) is 0 Å². The van der Waals surface area contributed by atoms with Gasteiger partial charge in [-0.3, -0.25) is 9.78 Å². The minimum absolute atomic E-state index is 0.236. The largest absolute Gasteiger partial charge is 0.391 e. The molecule has 27 heavy (non-hydrogen) atoms. The van der Waals surface area contributed by atoms with Gasteiger partial charge in [-0.25, -0.2) is 4.39 Å². The Kier molecular flexibility index (Phi) is 4.90. The zero-order valence-corrected chi connectivity index (χ0v) is 14.9. The van der Waals surface area contributed by atoms with Crippen LogP contribution in [0.4, 0.5) is 4.39 Å². The lowest BCUT2D eigenvalue weighted by Gasteiger charge is -2.28. The Hall–Kier alpha value is -2.73. The van der Waals surface area contributed by atoms with Crippen molar-refractivity contribution >= 4 is 16.9 Å². The molecule has 140 valence electrons. The summed E-state index contributed by atoms with van der Waals surface area (Å²) in [5.41, 5.74) is 2.35. The molecular weight excluding hydrogens is 345 g/mol. The van der Waals surface area contributed by atoms with Crippen molar-refractivity contribution in [3.05, 3.63) is 65.7 Å². The lowest BCUT2D eigenvalue weighted by molar-refractivity contribution is 0.0718. The summed E-state index contributed by atoms with van der Waals surface area (Å²) in [6, 6.07) is 10.0. The van der Waals surface area contributed by atoms with Gasteiger partial charge in [0, 0.05) is 18.0 Å². The number of aliphatic hydroxyl groups excluding tert-OH is 1. The summed E-state index contributed by atoms with van der Waals surface area (Å²) in [5.74, 6) is -0.531. The van der Waals surface area contributed by atoms with Gasteiger partial charge in [-0.05, 0) is 31.0 Å². The van der Waals surface area contributed by atoms with E-state index >= 15 is 0 Å². The number of nitrogens with one attached hydrogen (secondary N) is 1. The molecule has 1 aliphatic carbocycles. The number of aromatic nitrogens is 2. The van der Waals surface area contributed by atoms with Crippen molar-refractivity contribution < 1.29 is 14.3 Å². The van der Waals surface area contributed by atoms with Crippen LogP contribution in [0.15, 0.2) is 48.8 Å². The van der Waals surface area contributed by atoms with Crippen LogP contribution < -0.4 is 5.32 Å². The summed E-state index contributed by atoms with van der Waals surface area (Å²) >= 11 is 0. The van der Waals surface area contributed by atoms with Crippen LogP contribution in [0.2, 0.25) is 0 Å². The number of pyridine rings is 1. The standard InChI is InChI=1S/C21H22FN3O2/c22-16-7-2-1-6-14(16)12-25-13-15(20-18(25)9-5-11-23-20)21(27)24-17-8-3-4-10-19(17)26/h1-2,5-7,9,11,13,17,19,26H,3-4,8,10,12H2,(H,24,27)/t17-,19-/m0/s1. The molecule has 0 saturated heterocycles. The third-order valence-corrected chi connectivity index (χ3v) is 5.23. The Bertz CT molecular complexity index is 969. The summed E-state index contributed by atoms with van der Waals surface area (Å²) in [5, 5.41) is 13.1. The van der Waals surface area contributed by atoms with Crippen molar-refractivity contribution in [3.63, 3.8) is 0 Å². The van der Waals surface area contributed by atoms with Crippen molar-refractivity contribution in [3.8, 4) is 0 Å². The maximum absolute atomic E-state index is 14.1. The first kappa shape index (κ1) is 17.7. The molecule has 1 amide bonds. The minimum atomic E-state index is -0.512. The number of rotatable bonds is 4. The SMILES string of the molecule is O=C(N[C@H]1CCCC[C@@H]1O)c1cn(Cc2ccccc2F)c2cccnc12. The predicted octanol–water partition coefficient (Wildman–Crippen LogP) is 3.26. The van der Waals surface area contributed by atoms with Crippen LogP contribution in [-0.2, 0) is 6.54 Å². The molecule has 5 nitrogen and oxygen atoms in total. The van der Waals surface area contributed by atoms with E-state index in [0.717, 1.165) is 24.8 Å². The third-order valence-electron chi connectivity index (χ3n) is 5.23. The highest BCUT2D eigenvalue weighted by Crippen LogP contribution is 2.23. The molecule has 0 bridgehead atoms. The molecule has 0 aliphatic heterocycles. The molecule has 1 aromatic carbocycles. The van der Waals surface area contributed by atoms with Gasteiger partial charge in [0.1, 0.15) is 11.3 Å². The first-order valence-corrected chi connectivity index (χ1v) is 9.29. The molecule has 1 aliphatic rings. The first-order chi connectivity index (χ1) is 13.1. The van der Waals surface area contributed by atoms with E-state index < -0.39 is 6.10 Å². The molecule has 4 rings (SSSR count). The van der Waals surface area contributed by atoms with E-state index in [0.29, 0.717) is 29.6 Å². The molecular formula is C21H22FN3O2. The highest BCUT2D eigenvalue weighted by molar-refractivity contribution is 6.05. The maximum atomic E-state index is 14.1. The van der Waals surface area contributed by atoms with E-state index in [1.807, 2.05) is 10.6 Å². The number of halogens is 1. The molecule has 1 fully saturated rings. The molecule has 2 atom stereocenters. The molecule has 1 saturated carbocycles. The molecule has 2 heterocycles. The third kappa shape index (κ3) is 3.57. The van der Waals surface area contributed by atoms with E-state index in [1.165, 1.54) is 6.07 Å². The fourth-order valence-electron chi connectivity index (χ4n) is 3.76. The smallest absolute Gasteiger partial charge is 0.255 e. The van der Waals surface area contributed by atoms with Crippen molar-refractivity contribution in [2.24, 2.45) is 0 Å². The summed E-state index contributed by atoms with van der Waals surface area (Å²) in [6.45, 7) is 0.314. The fraction of sp³-hybridized carbons (Fsp3) is 0.333. The van der Waals surface area contributed by atoms with Gasteiger partial charge < -0.3 is 15.0 Å². The maximum Gasteiger partial charge on any atom is 0.255 e. The van der Waals surface area contributed by atoms with E-state index in [4.69, 9.17) is 0 Å². The number of carbonyl (C=O) groups excluding carboxylic acids is 1. The van der Waals surface area contributed by atoms with Crippen LogP contribution in [0.3, 0.4) is 0 Å². The number of aliphatic hydroxyl groups is 1. The molecule has 0 spiro atoms. The van der Waals surface area contributed by atoms with Crippen molar-refractivity contribution in [2.75, 3.05) is 0 Å². The quantitative estimate of drug-likeness (QED) is 0.744. The number of hydrogen-bond acceptors (Lipinski definition) is 3. The van der Waals surface area contributed by atoms with E-state index in [1.54, 1.807) is 36.7 Å². The topological polar surface area (TPSA) is 67.2 Å². The number of benzene rings is 1. The molecule has 0 radical (unpaired) electrons. The van der Waals surface area contributed by atoms with Gasteiger partial charge in [0.25, 0.3) is 5.91 Å². The second-order valence-electron chi connectivity index (χ2n) is 7.06. The molecule has 2 N–H and O–H groups in total. The zero-order chi connectivity index (χ0) is 18.8. The molecule has 0 unspecified atom stereocenters. The number of fused-ring (bicyclic) bond motifs is 1. The van der Waals surface area contributed by atoms with Crippen LogP contribution in [0, 0.1) is 5.82 Å². The average molecular weight is 367 g/mol. The van der Waals surface area contributed by atoms with Gasteiger partial charge in [-0.2, -0.15) is 0 Å². The normalized spacial score (nSPS) is 19.9.